The first-order chi connectivity index (χ1) is 57.1. The third-order valence-corrected chi connectivity index (χ3v) is 22.0. The summed E-state index contributed by atoms with van der Waals surface area (Å²) in [4.78, 5) is 99.8. The normalized spacial score (nSPS) is 11.7. The molecule has 0 unspecified atom stereocenters. The number of aryl methyl sites for hydroxylation is 3. The average molecular weight is 2010 g/mol. The number of fused-ring (bicyclic) bond motifs is 9. The largest absolute Gasteiger partial charge is 0.524 e. The fourth-order valence-electron chi connectivity index (χ4n) is 13.4. The van der Waals surface area contributed by atoms with Crippen LogP contribution in [0.25, 0.3) is 65.8 Å². The summed E-state index contributed by atoms with van der Waals surface area (Å²) in [5.74, 6) is 2.09. The molecule has 0 atom stereocenters. The second-order valence-corrected chi connectivity index (χ2v) is 32.5. The molecule has 12 rings (SSSR count). The van der Waals surface area contributed by atoms with E-state index in [0.29, 0.717) is 161 Å². The van der Waals surface area contributed by atoms with E-state index in [2.05, 4.69) is 66.8 Å². The lowest BCUT2D eigenvalue weighted by molar-refractivity contribution is -0.119. The molecular weight excluding hydrogens is 1910 g/mol. The molecule has 17 N–H and O–H groups in total. The maximum Gasteiger partial charge on any atom is 0.524 e. The van der Waals surface area contributed by atoms with Gasteiger partial charge < -0.3 is 90.5 Å². The Labute approximate surface area is 726 Å². The summed E-state index contributed by atoms with van der Waals surface area (Å²) in [6.45, 7) is 11.0. The Balaban J connectivity index is 0.000000188. The topological polar surface area (TPSA) is 500 Å². The third kappa shape index (κ3) is 25.3. The Morgan fingerprint density at radius 1 is 0.429 bits per heavy atom. The average Bonchev–Trinajstić information content (AvgIpc) is 1.62. The van der Waals surface area contributed by atoms with Crippen LogP contribution in [0.3, 0.4) is 0 Å². The van der Waals surface area contributed by atoms with Crippen LogP contribution >= 0.6 is 83.4 Å². The van der Waals surface area contributed by atoms with Gasteiger partial charge in [-0.1, -0.05) is 150 Å². The summed E-state index contributed by atoms with van der Waals surface area (Å²) in [5, 5.41) is 52.6. The molecule has 38 heteroatoms. The van der Waals surface area contributed by atoms with Crippen molar-refractivity contribution in [2.45, 2.75) is 117 Å². The van der Waals surface area contributed by atoms with E-state index in [1.165, 1.54) is 24.3 Å². The zero-order chi connectivity index (χ0) is 85.5. The van der Waals surface area contributed by atoms with Crippen molar-refractivity contribution in [2.75, 3.05) is 89.8 Å². The van der Waals surface area contributed by atoms with Gasteiger partial charge in [0.15, 0.2) is 40.5 Å². The van der Waals surface area contributed by atoms with Crippen LogP contribution in [0, 0.1) is 0 Å². The number of aromatic hydroxyl groups is 4. The minimum atomic E-state index is -4.94. The molecule has 3 amide bonds. The van der Waals surface area contributed by atoms with E-state index in [1.54, 1.807) is 30.3 Å². The number of phosphoric ester groups is 2. The second-order valence-electron chi connectivity index (χ2n) is 27.8. The maximum atomic E-state index is 11.7. The molecule has 0 bridgehead atoms. The number of aromatic nitrogens is 9. The van der Waals surface area contributed by atoms with Crippen molar-refractivity contribution in [2.24, 2.45) is 0 Å². The molecule has 0 spiro atoms. The summed E-state index contributed by atoms with van der Waals surface area (Å²) >= 11 is 6.04. The van der Waals surface area contributed by atoms with Crippen LogP contribution in [-0.2, 0) is 95.9 Å². The molecule has 6 aromatic carbocycles. The minimum Gasteiger partial charge on any atom is -0.508 e. The van der Waals surface area contributed by atoms with Crippen LogP contribution in [-0.4, -0.2) is 174 Å². The van der Waals surface area contributed by atoms with Gasteiger partial charge in [0.1, 0.15) is 45.5 Å². The number of pyridine rings is 3. The van der Waals surface area contributed by atoms with E-state index in [-0.39, 0.29) is 76.9 Å². The monoisotopic (exact) mass is 2010 g/mol. The van der Waals surface area contributed by atoms with E-state index < -0.39 is 15.6 Å². The van der Waals surface area contributed by atoms with Crippen LogP contribution in [0.2, 0.25) is 0 Å². The number of phosphoric acid groups is 2. The number of hydrogen-bond acceptors (Lipinski definition) is 23. The number of halogens is 3. The molecule has 33 nitrogen and oxygen atoms in total. The number of alkyl halides is 3. The smallest absolute Gasteiger partial charge is 0.508 e. The van der Waals surface area contributed by atoms with Crippen LogP contribution in [0.4, 0.5) is 17.5 Å². The molecule has 0 aliphatic rings. The van der Waals surface area contributed by atoms with Crippen molar-refractivity contribution < 1.29 is 86.8 Å². The third-order valence-electron chi connectivity index (χ3n) is 19.1. The number of unbranched alkanes of at least 4 members (excludes halogenated alkanes) is 3. The first kappa shape index (κ1) is 92.2. The van der Waals surface area contributed by atoms with E-state index in [0.717, 1.165) is 117 Å². The molecule has 0 radical (unpaired) electrons. The number of carbonyl (C=O) groups excluding carboxylic acids is 3. The fourth-order valence-corrected chi connectivity index (χ4v) is 15.1. The standard InChI is InChI=1S/2C27H33IN5O7P.C27H32IN5O4/c1-2-3-7-22-32-24-25(33(22)16-18-5-4-6-21(26(18)35)40-41(36,37)38)19-14-17(8-9-20(19)31-27(24)29)10-12-39-13-11-30-23(34)15-28;1-2-3-7-22-32-24-25(33(22)16-18-5-4-6-21(34)26(18)40-41(36,37)38)19-14-17(8-9-20(19)31-27(24)29)10-12-39-13-11-30-23(35)15-28;1-2-3-4-23-32-25-26(33(23)16-18-14-19(34)6-8-22(18)35)20-13-17(5-7-21(20)31-27(25)29)9-11-37-12-10-30-24(36)15-28/h4-6,8-9,14,35H,2-3,7,10-13,15-16H2,1H3,(H2,29,31)(H,30,34)(H2,36,37,38);4-6,8-9,14,34H,2-3,7,10-13,15-16H2,1H3,(H2,29,31)(H,30,35)(H2,36,37,38);5-8,13-14,34-35H,2-4,9-12,15-16H2,1H3,(H2,29,31)(H,30,36). The minimum absolute atomic E-state index is 0.00321. The highest BCUT2D eigenvalue weighted by Crippen LogP contribution is 2.46. The first-order valence-corrected chi connectivity index (χ1v) is 46.3. The zero-order valence-corrected chi connectivity index (χ0v) is 74.2. The van der Waals surface area contributed by atoms with Crippen molar-refractivity contribution in [3.8, 4) is 34.5 Å². The van der Waals surface area contributed by atoms with Gasteiger partial charge in [-0.25, -0.2) is 39.0 Å². The highest BCUT2D eigenvalue weighted by Gasteiger charge is 2.27. The molecule has 0 fully saturated rings. The maximum absolute atomic E-state index is 11.7. The first-order valence-electron chi connectivity index (χ1n) is 38.7. The number of carbonyl (C=O) groups is 3. The predicted octanol–water partition coefficient (Wildman–Crippen LogP) is 11.8. The van der Waals surface area contributed by atoms with E-state index in [9.17, 15) is 63.5 Å². The molecule has 0 aliphatic carbocycles. The van der Waals surface area contributed by atoms with Gasteiger partial charge in [-0.15, -0.1) is 0 Å². The van der Waals surface area contributed by atoms with Crippen molar-refractivity contribution >= 4 is 184 Å². The van der Waals surface area contributed by atoms with Gasteiger partial charge in [-0.2, -0.15) is 0 Å². The number of nitrogens with one attached hydrogen (secondary N) is 3. The van der Waals surface area contributed by atoms with E-state index in [1.807, 2.05) is 125 Å². The van der Waals surface area contributed by atoms with Crippen molar-refractivity contribution in [3.05, 3.63) is 160 Å². The van der Waals surface area contributed by atoms with Crippen molar-refractivity contribution in [3.63, 3.8) is 0 Å². The van der Waals surface area contributed by atoms with Crippen molar-refractivity contribution in [1.82, 2.24) is 59.6 Å². The number of phenols is 4. The lowest BCUT2D eigenvalue weighted by Crippen LogP contribution is -2.28. The number of benzene rings is 6. The molecule has 6 heterocycles. The zero-order valence-electron chi connectivity index (χ0n) is 65.9. The summed E-state index contributed by atoms with van der Waals surface area (Å²) in [5.41, 5.74) is 29.7. The number of hydrogen-bond donors (Lipinski definition) is 14. The molecule has 0 aliphatic heterocycles. The quantitative estimate of drug-likeness (QED) is 0.00557. The Bertz CT molecular complexity index is 5670. The summed E-state index contributed by atoms with van der Waals surface area (Å²) in [6, 6.07) is 31.4. The van der Waals surface area contributed by atoms with Gasteiger partial charge in [0.05, 0.1) is 106 Å². The Kier molecular flexibility index (Phi) is 34.1. The molecule has 636 valence electrons. The number of ether oxygens (including phenoxy) is 3. The fraction of sp³-hybridized carbons (Fsp3) is 0.370. The molecular formula is C81H98I3N15O18P2. The van der Waals surface area contributed by atoms with Gasteiger partial charge in [0.2, 0.25) is 17.7 Å². The lowest BCUT2D eigenvalue weighted by atomic mass is 10.1. The van der Waals surface area contributed by atoms with E-state index in [4.69, 9.17) is 50.9 Å². The Morgan fingerprint density at radius 2 is 0.798 bits per heavy atom. The summed E-state index contributed by atoms with van der Waals surface area (Å²) in [6.07, 6.45) is 9.62. The van der Waals surface area contributed by atoms with Gasteiger partial charge >= 0.3 is 15.6 Å². The van der Waals surface area contributed by atoms with Gasteiger partial charge in [-0.3, -0.25) is 34.0 Å². The van der Waals surface area contributed by atoms with Crippen LogP contribution < -0.4 is 42.2 Å². The van der Waals surface area contributed by atoms with Crippen LogP contribution in [0.1, 0.15) is 110 Å². The van der Waals surface area contributed by atoms with Crippen LogP contribution in [0.15, 0.2) is 109 Å². The summed E-state index contributed by atoms with van der Waals surface area (Å²) < 4.78 is 57.0. The number of imidazole rings is 3. The molecule has 6 aromatic heterocycles. The molecule has 12 aromatic rings. The number of nitrogens with zero attached hydrogens (tertiary/aromatic N) is 9. The Hall–Kier alpha value is -9.06. The number of amides is 3. The predicted molar refractivity (Wildman–Crippen MR) is 482 cm³/mol. The van der Waals surface area contributed by atoms with Gasteiger partial charge in [-0.05, 0) is 122 Å². The van der Waals surface area contributed by atoms with Gasteiger partial charge in [0.25, 0.3) is 0 Å². The second kappa shape index (κ2) is 44.0. The number of phenolic OH excluding ortho intramolecular Hbond substituents is 4. The van der Waals surface area contributed by atoms with E-state index >= 15 is 0 Å². The SMILES string of the molecule is CCCCc1nc2c(N)nc3ccc(CCOCCNC(=O)CI)cc3c2n1Cc1cc(O)ccc1O.CCCCc1nc2c(N)nc3ccc(CCOCCNC(=O)CI)cc3c2n1Cc1cccc(O)c1OP(=O)(O)O.CCCCc1nc2c(N)nc3ccc(CCOCCNC(=O)CI)cc3c2n1Cc1cccc(OP(=O)(O)O)c1O. The molecule has 119 heavy (non-hydrogen) atoms. The molecule has 0 saturated carbocycles. The number of anilines is 3. The summed E-state index contributed by atoms with van der Waals surface area (Å²) in [7, 11) is -9.80. The number of para-hydroxylation sites is 2. The number of rotatable bonds is 40. The van der Waals surface area contributed by atoms with Crippen molar-refractivity contribution in [1.29, 1.82) is 0 Å². The van der Waals surface area contributed by atoms with Gasteiger partial charge in [0, 0.05) is 71.7 Å². The Morgan fingerprint density at radius 3 is 1.18 bits per heavy atom. The van der Waals surface area contributed by atoms with Crippen LogP contribution in [0.5, 0.6) is 34.5 Å². The lowest BCUT2D eigenvalue weighted by Gasteiger charge is -2.16. The highest BCUT2D eigenvalue weighted by molar-refractivity contribution is 14.1. The highest BCUT2D eigenvalue weighted by atomic mass is 127. The number of nitrogen functional groups attached to an aromatic ring is 3. The molecule has 0 saturated heterocycles. The number of nitrogens with two attached hydrogens (primary N) is 3.